The fourth-order valence-electron chi connectivity index (χ4n) is 4.68. The van der Waals surface area contributed by atoms with Crippen LogP contribution in [0.15, 0.2) is 0 Å². The molecule has 0 bridgehead atoms. The highest BCUT2D eigenvalue weighted by molar-refractivity contribution is 7.86. The van der Waals surface area contributed by atoms with Gasteiger partial charge < -0.3 is 0 Å². The monoisotopic (exact) mass is 324 g/mol. The molecule has 0 amide bonds. The van der Waals surface area contributed by atoms with E-state index in [1.165, 1.54) is 0 Å². The smallest absolute Gasteiger partial charge is 0.264 e. The second-order valence-electron chi connectivity index (χ2n) is 6.40. The maximum absolute atomic E-state index is 11.4. The van der Waals surface area contributed by atoms with Gasteiger partial charge in [0.2, 0.25) is 0 Å². The molecule has 0 aromatic rings. The molecular formula is C12H20O6S2. The average molecular weight is 324 g/mol. The van der Waals surface area contributed by atoms with E-state index in [0.717, 1.165) is 25.4 Å². The minimum atomic E-state index is -3.54. The van der Waals surface area contributed by atoms with Gasteiger partial charge in [-0.05, 0) is 43.4 Å². The summed E-state index contributed by atoms with van der Waals surface area (Å²) in [6, 6.07) is 0. The average Bonchev–Trinajstić information content (AvgIpc) is 2.81. The van der Waals surface area contributed by atoms with Gasteiger partial charge in [0.25, 0.3) is 20.2 Å². The Morgan fingerprint density at radius 2 is 1.15 bits per heavy atom. The summed E-state index contributed by atoms with van der Waals surface area (Å²) in [6.07, 6.45) is 4.78. The molecule has 3 aliphatic rings. The zero-order chi connectivity index (χ0) is 14.7. The van der Waals surface area contributed by atoms with E-state index in [1.54, 1.807) is 0 Å². The minimum absolute atomic E-state index is 0.114. The maximum atomic E-state index is 11.4. The number of hydrogen-bond acceptors (Lipinski definition) is 6. The molecule has 0 aromatic carbocycles. The second-order valence-corrected chi connectivity index (χ2v) is 9.60. The highest BCUT2D eigenvalue weighted by Crippen LogP contribution is 2.60. The molecule has 0 saturated heterocycles. The van der Waals surface area contributed by atoms with Crippen LogP contribution in [0.3, 0.4) is 0 Å². The predicted octanol–water partition coefficient (Wildman–Crippen LogP) is 0.742. The molecule has 3 saturated carbocycles. The van der Waals surface area contributed by atoms with Crippen LogP contribution < -0.4 is 0 Å². The lowest BCUT2D eigenvalue weighted by molar-refractivity contribution is 0.0771. The van der Waals surface area contributed by atoms with Crippen LogP contribution in [0, 0.1) is 23.7 Å². The highest BCUT2D eigenvalue weighted by Gasteiger charge is 2.59. The number of hydrogen-bond donors (Lipinski definition) is 0. The Balaban J connectivity index is 1.85. The van der Waals surface area contributed by atoms with Gasteiger partial charge in [0.1, 0.15) is 0 Å². The zero-order valence-corrected chi connectivity index (χ0v) is 13.2. The fraction of sp³-hybridized carbons (Fsp3) is 1.00. The van der Waals surface area contributed by atoms with E-state index in [9.17, 15) is 16.8 Å². The fourth-order valence-corrected chi connectivity index (χ4v) is 5.99. The van der Waals surface area contributed by atoms with Crippen molar-refractivity contribution in [3.63, 3.8) is 0 Å². The van der Waals surface area contributed by atoms with Gasteiger partial charge in [-0.2, -0.15) is 16.8 Å². The van der Waals surface area contributed by atoms with Crippen molar-refractivity contribution in [3.05, 3.63) is 0 Å². The highest BCUT2D eigenvalue weighted by atomic mass is 32.2. The molecule has 0 radical (unpaired) electrons. The number of rotatable bonds is 4. The summed E-state index contributed by atoms with van der Waals surface area (Å²) in [6.45, 7) is 0. The zero-order valence-electron chi connectivity index (χ0n) is 11.6. The summed E-state index contributed by atoms with van der Waals surface area (Å²) in [5.41, 5.74) is 0. The lowest BCUT2D eigenvalue weighted by atomic mass is 9.92. The Labute approximate surface area is 120 Å². The van der Waals surface area contributed by atoms with Crippen molar-refractivity contribution < 1.29 is 25.2 Å². The van der Waals surface area contributed by atoms with E-state index in [2.05, 4.69) is 0 Å². The van der Waals surface area contributed by atoms with Crippen molar-refractivity contribution in [2.24, 2.45) is 23.7 Å². The first-order valence-corrected chi connectivity index (χ1v) is 10.5. The Bertz CT molecular complexity index is 543. The molecule has 3 aliphatic carbocycles. The largest absolute Gasteiger partial charge is 0.267 e. The summed E-state index contributed by atoms with van der Waals surface area (Å²) < 4.78 is 56.0. The van der Waals surface area contributed by atoms with E-state index >= 15 is 0 Å². The second kappa shape index (κ2) is 4.66. The topological polar surface area (TPSA) is 86.7 Å². The Hall–Kier alpha value is -0.180. The maximum Gasteiger partial charge on any atom is 0.264 e. The molecule has 20 heavy (non-hydrogen) atoms. The van der Waals surface area contributed by atoms with Crippen molar-refractivity contribution in [3.8, 4) is 0 Å². The summed E-state index contributed by atoms with van der Waals surface area (Å²) in [7, 11) is -7.07. The van der Waals surface area contributed by atoms with Gasteiger partial charge in [-0.1, -0.05) is 0 Å². The lowest BCUT2D eigenvalue weighted by Crippen LogP contribution is -2.33. The quantitative estimate of drug-likeness (QED) is 0.709. The summed E-state index contributed by atoms with van der Waals surface area (Å²) in [5, 5.41) is 0. The standard InChI is InChI=1S/C12H20O6S2/c1-19(13,14)17-9-5-7-3-4-8-6-10(12(9)11(7)8)18-20(2,15)16/h7-12H,3-6H2,1-2H3/t7-,8-,9+,10+,11?,12?/m0/s1. The molecule has 3 fully saturated rings. The van der Waals surface area contributed by atoms with Crippen LogP contribution in [0.25, 0.3) is 0 Å². The molecule has 116 valence electrons. The first kappa shape index (κ1) is 14.7. The molecule has 0 heterocycles. The molecule has 6 nitrogen and oxygen atoms in total. The molecule has 0 aromatic heterocycles. The Kier molecular flexibility index (Phi) is 3.43. The van der Waals surface area contributed by atoms with Gasteiger partial charge in [0.05, 0.1) is 24.7 Å². The van der Waals surface area contributed by atoms with Crippen LogP contribution in [0.1, 0.15) is 25.7 Å². The van der Waals surface area contributed by atoms with Crippen molar-refractivity contribution in [1.29, 1.82) is 0 Å². The molecule has 3 rings (SSSR count). The molecule has 4 atom stereocenters. The molecule has 0 N–H and O–H groups in total. The van der Waals surface area contributed by atoms with Gasteiger partial charge in [-0.25, -0.2) is 0 Å². The van der Waals surface area contributed by atoms with Gasteiger partial charge in [0, 0.05) is 5.92 Å². The third-order valence-electron chi connectivity index (χ3n) is 4.97. The molecule has 0 unspecified atom stereocenters. The van der Waals surface area contributed by atoms with Crippen molar-refractivity contribution in [2.75, 3.05) is 12.5 Å². The molecule has 0 aliphatic heterocycles. The lowest BCUT2D eigenvalue weighted by Gasteiger charge is -2.24. The Morgan fingerprint density at radius 1 is 0.750 bits per heavy atom. The minimum Gasteiger partial charge on any atom is -0.267 e. The van der Waals surface area contributed by atoms with Gasteiger partial charge in [-0.15, -0.1) is 0 Å². The Morgan fingerprint density at radius 3 is 1.50 bits per heavy atom. The van der Waals surface area contributed by atoms with E-state index in [0.29, 0.717) is 30.6 Å². The third-order valence-corrected chi connectivity index (χ3v) is 6.16. The first-order valence-electron chi connectivity index (χ1n) is 6.90. The van der Waals surface area contributed by atoms with Crippen LogP contribution in [0.4, 0.5) is 0 Å². The summed E-state index contributed by atoms with van der Waals surface area (Å²) in [4.78, 5) is 0. The van der Waals surface area contributed by atoms with Crippen LogP contribution in [0.5, 0.6) is 0 Å². The van der Waals surface area contributed by atoms with Crippen molar-refractivity contribution >= 4 is 20.2 Å². The van der Waals surface area contributed by atoms with Crippen LogP contribution in [-0.4, -0.2) is 41.6 Å². The van der Waals surface area contributed by atoms with E-state index in [-0.39, 0.29) is 5.92 Å². The van der Waals surface area contributed by atoms with E-state index in [4.69, 9.17) is 8.37 Å². The van der Waals surface area contributed by atoms with Crippen LogP contribution in [-0.2, 0) is 28.6 Å². The summed E-state index contributed by atoms with van der Waals surface area (Å²) in [5.74, 6) is 1.14. The van der Waals surface area contributed by atoms with Gasteiger partial charge in [-0.3, -0.25) is 8.37 Å². The molecule has 8 heteroatoms. The van der Waals surface area contributed by atoms with Crippen molar-refractivity contribution in [1.82, 2.24) is 0 Å². The predicted molar refractivity (Wildman–Crippen MR) is 71.9 cm³/mol. The van der Waals surface area contributed by atoms with Crippen LogP contribution >= 0.6 is 0 Å². The van der Waals surface area contributed by atoms with Gasteiger partial charge in [0.15, 0.2) is 0 Å². The third kappa shape index (κ3) is 2.75. The summed E-state index contributed by atoms with van der Waals surface area (Å²) >= 11 is 0. The van der Waals surface area contributed by atoms with E-state index < -0.39 is 32.4 Å². The normalized spacial score (nSPS) is 43.9. The SMILES string of the molecule is CS(=O)(=O)O[C@@H]1C[C@@H]2CC[C@H]3C[C@@H](OS(C)(=O)=O)C1C23. The molecular weight excluding hydrogens is 304 g/mol. The van der Waals surface area contributed by atoms with Gasteiger partial charge >= 0.3 is 0 Å². The molecule has 0 spiro atoms. The first-order chi connectivity index (χ1) is 9.14. The van der Waals surface area contributed by atoms with Crippen molar-refractivity contribution in [2.45, 2.75) is 37.9 Å². The van der Waals surface area contributed by atoms with Crippen LogP contribution in [0.2, 0.25) is 0 Å². The van der Waals surface area contributed by atoms with E-state index in [1.807, 2.05) is 0 Å².